The highest BCUT2D eigenvalue weighted by Crippen LogP contribution is 1.99. The van der Waals surface area contributed by atoms with Crippen LogP contribution in [0.15, 0.2) is 12.3 Å². The second-order valence-corrected chi connectivity index (χ2v) is 3.42. The van der Waals surface area contributed by atoms with E-state index in [2.05, 4.69) is 11.2 Å². The van der Waals surface area contributed by atoms with E-state index in [-0.39, 0.29) is 9.38 Å². The summed E-state index contributed by atoms with van der Waals surface area (Å²) in [5.74, 6) is 0. The molecule has 0 atom stereocenters. The van der Waals surface area contributed by atoms with Gasteiger partial charge in [-0.15, -0.1) is 0 Å². The molecule has 0 amide bonds. The Hall–Kier alpha value is -0.978. The van der Waals surface area contributed by atoms with Crippen molar-refractivity contribution in [3.63, 3.8) is 0 Å². The van der Waals surface area contributed by atoms with E-state index < -0.39 is 7.12 Å². The molecule has 1 radical (unpaired) electrons. The van der Waals surface area contributed by atoms with Gasteiger partial charge in [0.1, 0.15) is 6.61 Å². The van der Waals surface area contributed by atoms with Crippen LogP contribution in [0.4, 0.5) is 0 Å². The molecular weight excluding hydrogens is 197 g/mol. The van der Waals surface area contributed by atoms with Crippen LogP contribution in [0.1, 0.15) is 11.3 Å². The van der Waals surface area contributed by atoms with Gasteiger partial charge in [0.05, 0.1) is 5.69 Å². The summed E-state index contributed by atoms with van der Waals surface area (Å²) >= 11 is 0. The molecule has 0 spiro atoms. The zero-order valence-electron chi connectivity index (χ0n) is 7.90. The summed E-state index contributed by atoms with van der Waals surface area (Å²) in [5, 5.41) is 17.9. The first-order chi connectivity index (χ1) is 6.65. The van der Waals surface area contributed by atoms with Gasteiger partial charge in [0, 0.05) is 11.7 Å². The summed E-state index contributed by atoms with van der Waals surface area (Å²) < 4.78 is 5.10. The quantitative estimate of drug-likeness (QED) is 0.600. The molecule has 1 aromatic heterocycles. The molecule has 1 aromatic rings. The average molecular weight is 208 g/mol. The summed E-state index contributed by atoms with van der Waals surface area (Å²) in [6.07, 6.45) is 5.02. The molecule has 4 nitrogen and oxygen atoms in total. The number of rotatable bonds is 4. The number of hydrogen-bond donors (Lipinski definition) is 2. The Morgan fingerprint density at radius 1 is 1.64 bits per heavy atom. The standard InChI is InChI=1S/C8H11BNO3Si/c1-6-3-7(5-13-14-2)10-4-8(6)9(11)12/h3-4,11-12H,2,5H2,1H3. The van der Waals surface area contributed by atoms with Crippen LogP contribution in [0.5, 0.6) is 0 Å². The first kappa shape index (κ1) is 11.1. The summed E-state index contributed by atoms with van der Waals surface area (Å²) in [6, 6.07) is 1.77. The fourth-order valence-electron chi connectivity index (χ4n) is 1.10. The van der Waals surface area contributed by atoms with Gasteiger partial charge in [-0.2, -0.15) is 0 Å². The van der Waals surface area contributed by atoms with Crippen molar-refractivity contribution >= 4 is 28.1 Å². The second kappa shape index (κ2) is 5.04. The van der Waals surface area contributed by atoms with Crippen LogP contribution >= 0.6 is 0 Å². The minimum atomic E-state index is -1.47. The summed E-state index contributed by atoms with van der Waals surface area (Å²) in [5.41, 5.74) is 1.98. The minimum absolute atomic E-state index is 0.184. The monoisotopic (exact) mass is 208 g/mol. The van der Waals surface area contributed by atoms with Crippen LogP contribution in [0.2, 0.25) is 0 Å². The smallest absolute Gasteiger partial charge is 0.490 e. The van der Waals surface area contributed by atoms with Crippen molar-refractivity contribution in [3.8, 4) is 0 Å². The maximum absolute atomic E-state index is 8.95. The van der Waals surface area contributed by atoms with Crippen molar-refractivity contribution in [1.82, 2.24) is 4.98 Å². The molecule has 0 saturated carbocycles. The van der Waals surface area contributed by atoms with Crippen molar-refractivity contribution in [2.24, 2.45) is 0 Å². The molecule has 1 rings (SSSR count). The number of nitrogens with zero attached hydrogens (tertiary/aromatic N) is 1. The fourth-order valence-corrected chi connectivity index (χ4v) is 1.35. The van der Waals surface area contributed by atoms with Crippen LogP contribution in [0.3, 0.4) is 0 Å². The predicted molar refractivity (Wildman–Crippen MR) is 56.5 cm³/mol. The number of pyridine rings is 1. The average Bonchev–Trinajstić information content (AvgIpc) is 2.14. The molecule has 2 N–H and O–H groups in total. The van der Waals surface area contributed by atoms with E-state index in [4.69, 9.17) is 14.5 Å². The van der Waals surface area contributed by atoms with E-state index in [0.717, 1.165) is 11.3 Å². The summed E-state index contributed by atoms with van der Waals surface area (Å²) in [4.78, 5) is 4.03. The van der Waals surface area contributed by atoms with Crippen molar-refractivity contribution in [2.45, 2.75) is 13.5 Å². The summed E-state index contributed by atoms with van der Waals surface area (Å²) in [6.45, 7) is 2.21. The molecule has 0 fully saturated rings. The molecule has 0 aromatic carbocycles. The van der Waals surface area contributed by atoms with Gasteiger partial charge in [-0.05, 0) is 18.6 Å². The summed E-state index contributed by atoms with van der Waals surface area (Å²) in [7, 11) is -1.28. The van der Waals surface area contributed by atoms with E-state index in [1.54, 1.807) is 13.0 Å². The molecule has 0 aliphatic carbocycles. The third kappa shape index (κ3) is 2.76. The van der Waals surface area contributed by atoms with Crippen LogP contribution in [-0.4, -0.2) is 37.7 Å². The van der Waals surface area contributed by atoms with Crippen molar-refractivity contribution < 1.29 is 14.5 Å². The van der Waals surface area contributed by atoms with Gasteiger partial charge < -0.3 is 14.5 Å². The molecule has 0 aliphatic rings. The van der Waals surface area contributed by atoms with Crippen LogP contribution in [-0.2, 0) is 11.0 Å². The first-order valence-corrected chi connectivity index (χ1v) is 5.22. The van der Waals surface area contributed by atoms with Gasteiger partial charge in [-0.25, -0.2) is 0 Å². The molecule has 6 heteroatoms. The van der Waals surface area contributed by atoms with E-state index in [9.17, 15) is 0 Å². The zero-order chi connectivity index (χ0) is 10.6. The van der Waals surface area contributed by atoms with E-state index in [1.165, 1.54) is 6.20 Å². The Morgan fingerprint density at radius 3 is 2.86 bits per heavy atom. The van der Waals surface area contributed by atoms with E-state index in [1.807, 2.05) is 0 Å². The lowest BCUT2D eigenvalue weighted by molar-refractivity contribution is 0.330. The van der Waals surface area contributed by atoms with Gasteiger partial charge in [-0.3, -0.25) is 4.98 Å². The van der Waals surface area contributed by atoms with Crippen molar-refractivity contribution in [3.05, 3.63) is 23.5 Å². The van der Waals surface area contributed by atoms with Crippen LogP contribution in [0, 0.1) is 6.92 Å². The lowest BCUT2D eigenvalue weighted by atomic mass is 9.78. The van der Waals surface area contributed by atoms with Gasteiger partial charge in [0.25, 0.3) is 9.38 Å². The number of aryl methyl sites for hydroxylation is 1. The molecular formula is C8H11BNO3Si. The Morgan fingerprint density at radius 2 is 2.36 bits per heavy atom. The highest BCUT2D eigenvalue weighted by molar-refractivity contribution is 6.59. The van der Waals surface area contributed by atoms with Gasteiger partial charge in [0.15, 0.2) is 0 Å². The normalized spacial score (nSPS) is 9.64. The molecule has 0 saturated heterocycles. The lowest BCUT2D eigenvalue weighted by Gasteiger charge is -2.06. The lowest BCUT2D eigenvalue weighted by Crippen LogP contribution is -2.32. The number of hydrogen-bond acceptors (Lipinski definition) is 4. The second-order valence-electron chi connectivity index (χ2n) is 2.84. The Balaban J connectivity index is 2.83. The van der Waals surface area contributed by atoms with Crippen molar-refractivity contribution in [1.29, 1.82) is 0 Å². The van der Waals surface area contributed by atoms with Gasteiger partial charge in [0.2, 0.25) is 0 Å². The minimum Gasteiger partial charge on any atom is -0.543 e. The Kier molecular flexibility index (Phi) is 4.00. The Labute approximate surface area is 85.3 Å². The highest BCUT2D eigenvalue weighted by atomic mass is 28.2. The number of aromatic nitrogens is 1. The zero-order valence-corrected chi connectivity index (χ0v) is 8.90. The van der Waals surface area contributed by atoms with Gasteiger partial charge >= 0.3 is 7.12 Å². The van der Waals surface area contributed by atoms with Gasteiger partial charge in [-0.1, -0.05) is 6.17 Å². The third-order valence-corrected chi connectivity index (χ3v) is 2.16. The molecule has 14 heavy (non-hydrogen) atoms. The first-order valence-electron chi connectivity index (χ1n) is 4.10. The fraction of sp³-hybridized carbons (Fsp3) is 0.250. The SMILES string of the molecule is C=[Si]OCc1cc(C)c(B(O)O)cn1. The molecule has 0 bridgehead atoms. The maximum Gasteiger partial charge on any atom is 0.490 e. The van der Waals surface area contributed by atoms with E-state index in [0.29, 0.717) is 12.1 Å². The Bertz CT molecular complexity index is 332. The van der Waals surface area contributed by atoms with Crippen LogP contribution in [0.25, 0.3) is 0 Å². The maximum atomic E-state index is 8.95. The highest BCUT2D eigenvalue weighted by Gasteiger charge is 2.14. The van der Waals surface area contributed by atoms with Crippen molar-refractivity contribution in [2.75, 3.05) is 0 Å². The topological polar surface area (TPSA) is 62.6 Å². The largest absolute Gasteiger partial charge is 0.543 e. The van der Waals surface area contributed by atoms with E-state index >= 15 is 0 Å². The van der Waals surface area contributed by atoms with Crippen LogP contribution < -0.4 is 5.46 Å². The molecule has 0 aliphatic heterocycles. The third-order valence-electron chi connectivity index (χ3n) is 1.81. The molecule has 0 unspecified atom stereocenters. The molecule has 73 valence electrons. The molecule has 1 heterocycles. The predicted octanol–water partition coefficient (Wildman–Crippen LogP) is -1.36.